The molecule has 0 N–H and O–H groups in total. The van der Waals surface area contributed by atoms with E-state index in [0.717, 1.165) is 6.92 Å². The van der Waals surface area contributed by atoms with Crippen LogP contribution in [0.5, 0.6) is 0 Å². The average Bonchev–Trinajstić information content (AvgIpc) is 2.48. The number of alkyl halides is 12. The summed E-state index contributed by atoms with van der Waals surface area (Å²) in [5.74, 6) is -33.6. The summed E-state index contributed by atoms with van der Waals surface area (Å²) in [6, 6.07) is 0. The highest BCUT2D eigenvalue weighted by Gasteiger charge is 2.75. The van der Waals surface area contributed by atoms with E-state index in [9.17, 15) is 57.5 Å². The smallest absolute Gasteiger partial charge is 0.372 e. The lowest BCUT2D eigenvalue weighted by Crippen LogP contribution is -2.59. The zero-order chi connectivity index (χ0) is 22.8. The van der Waals surface area contributed by atoms with Crippen LogP contribution in [-0.2, 0) is 9.53 Å². The van der Waals surface area contributed by atoms with Gasteiger partial charge in [-0.3, -0.25) is 4.79 Å². The number of halogens is 12. The van der Waals surface area contributed by atoms with Gasteiger partial charge in [0.05, 0.1) is 18.8 Å². The second-order valence-electron chi connectivity index (χ2n) is 6.08. The van der Waals surface area contributed by atoms with Crippen LogP contribution in [0.15, 0.2) is 0 Å². The number of carbonyl (C=O) groups is 1. The Balaban J connectivity index is 5.49. The molecule has 0 aromatic carbocycles. The highest BCUT2D eigenvalue weighted by atomic mass is 19.4. The number of ether oxygens (including phenoxy) is 1. The second-order valence-corrected chi connectivity index (χ2v) is 6.08. The Labute approximate surface area is 151 Å². The minimum absolute atomic E-state index is 0.0321. The number of hydrogen-bond donors (Lipinski definition) is 0. The minimum Gasteiger partial charge on any atom is -0.459 e. The first-order chi connectivity index (χ1) is 12.2. The van der Waals surface area contributed by atoms with Gasteiger partial charge in [-0.25, -0.2) is 8.78 Å². The average molecular weight is 444 g/mol. The van der Waals surface area contributed by atoms with Crippen LogP contribution in [0.4, 0.5) is 52.7 Å². The molecule has 0 heterocycles. The van der Waals surface area contributed by atoms with Gasteiger partial charge in [0.2, 0.25) is 6.43 Å². The van der Waals surface area contributed by atoms with Crippen LogP contribution in [0.2, 0.25) is 0 Å². The van der Waals surface area contributed by atoms with Crippen molar-refractivity contribution in [3.05, 3.63) is 0 Å². The Kier molecular flexibility index (Phi) is 8.14. The molecule has 0 aliphatic carbocycles. The molecule has 0 saturated carbocycles. The molecule has 0 aromatic rings. The van der Waals surface area contributed by atoms with Gasteiger partial charge in [-0.1, -0.05) is 13.8 Å². The molecular formula is C14H16F12O2. The van der Waals surface area contributed by atoms with Crippen LogP contribution in [0.3, 0.4) is 0 Å². The third-order valence-corrected chi connectivity index (χ3v) is 3.72. The Morgan fingerprint density at radius 2 is 1.29 bits per heavy atom. The zero-order valence-electron chi connectivity index (χ0n) is 14.3. The standard InChI is InChI=1S/C14H16F12O2/c1-3-7(2)9(27)28-6-13(23,24)11(19,20)5-12(21,22)14(25,26)10(17,18)4-8(15)16/h7-8H,3-6H2,1-2H3. The molecule has 0 saturated heterocycles. The molecule has 28 heavy (non-hydrogen) atoms. The van der Waals surface area contributed by atoms with Crippen molar-refractivity contribution < 1.29 is 62.2 Å². The molecule has 2 nitrogen and oxygen atoms in total. The van der Waals surface area contributed by atoms with E-state index in [4.69, 9.17) is 0 Å². The maximum Gasteiger partial charge on any atom is 0.372 e. The van der Waals surface area contributed by atoms with Crippen molar-refractivity contribution >= 4 is 5.97 Å². The van der Waals surface area contributed by atoms with Crippen LogP contribution in [0.25, 0.3) is 0 Å². The minimum atomic E-state index is -6.79. The fourth-order valence-electron chi connectivity index (χ4n) is 1.68. The first-order valence-corrected chi connectivity index (χ1v) is 7.58. The molecule has 0 bridgehead atoms. The monoisotopic (exact) mass is 444 g/mol. The van der Waals surface area contributed by atoms with Crippen molar-refractivity contribution in [3.63, 3.8) is 0 Å². The Morgan fingerprint density at radius 1 is 0.821 bits per heavy atom. The molecule has 0 aliphatic rings. The fourth-order valence-corrected chi connectivity index (χ4v) is 1.68. The van der Waals surface area contributed by atoms with Gasteiger partial charge in [0.1, 0.15) is 0 Å². The van der Waals surface area contributed by atoms with Crippen molar-refractivity contribution in [2.24, 2.45) is 5.92 Å². The summed E-state index contributed by atoms with van der Waals surface area (Å²) in [6.07, 6.45) is -11.1. The van der Waals surface area contributed by atoms with Crippen LogP contribution in [0, 0.1) is 5.92 Å². The third kappa shape index (κ3) is 5.82. The van der Waals surface area contributed by atoms with Crippen LogP contribution < -0.4 is 0 Å². The van der Waals surface area contributed by atoms with Gasteiger partial charge in [-0.05, 0) is 6.42 Å². The molecular weight excluding hydrogens is 428 g/mol. The van der Waals surface area contributed by atoms with Crippen molar-refractivity contribution in [1.29, 1.82) is 0 Å². The van der Waals surface area contributed by atoms with E-state index >= 15 is 0 Å². The summed E-state index contributed by atoms with van der Waals surface area (Å²) in [5, 5.41) is 0. The van der Waals surface area contributed by atoms with E-state index in [2.05, 4.69) is 4.74 Å². The maximum absolute atomic E-state index is 13.5. The van der Waals surface area contributed by atoms with Gasteiger partial charge in [0.15, 0.2) is 6.61 Å². The number of rotatable bonds is 11. The normalized spacial score (nSPS) is 15.7. The molecule has 0 amide bonds. The number of hydrogen-bond acceptors (Lipinski definition) is 2. The second kappa shape index (κ2) is 8.56. The molecule has 14 heteroatoms. The zero-order valence-corrected chi connectivity index (χ0v) is 14.3. The molecule has 0 rings (SSSR count). The van der Waals surface area contributed by atoms with Gasteiger partial charge < -0.3 is 4.74 Å². The molecule has 0 aliphatic heterocycles. The quantitative estimate of drug-likeness (QED) is 0.298. The first-order valence-electron chi connectivity index (χ1n) is 7.58. The highest BCUT2D eigenvalue weighted by Crippen LogP contribution is 2.53. The van der Waals surface area contributed by atoms with Gasteiger partial charge in [-0.2, -0.15) is 43.9 Å². The van der Waals surface area contributed by atoms with Crippen LogP contribution in [0.1, 0.15) is 33.1 Å². The maximum atomic E-state index is 13.5. The number of esters is 1. The van der Waals surface area contributed by atoms with E-state index in [1.54, 1.807) is 0 Å². The molecule has 0 fully saturated rings. The van der Waals surface area contributed by atoms with Gasteiger partial charge in [0, 0.05) is 0 Å². The van der Waals surface area contributed by atoms with Gasteiger partial charge in [-0.15, -0.1) is 0 Å². The highest BCUT2D eigenvalue weighted by molar-refractivity contribution is 5.71. The van der Waals surface area contributed by atoms with E-state index < -0.39 is 67.4 Å². The summed E-state index contributed by atoms with van der Waals surface area (Å²) in [5.41, 5.74) is 0. The summed E-state index contributed by atoms with van der Waals surface area (Å²) in [4.78, 5) is 11.2. The molecule has 168 valence electrons. The van der Waals surface area contributed by atoms with E-state index in [1.807, 2.05) is 0 Å². The summed E-state index contributed by atoms with van der Waals surface area (Å²) < 4.78 is 161. The first kappa shape index (κ1) is 26.6. The van der Waals surface area contributed by atoms with E-state index in [-0.39, 0.29) is 6.42 Å². The summed E-state index contributed by atoms with van der Waals surface area (Å²) in [6.45, 7) is 0.0531. The van der Waals surface area contributed by atoms with Crippen LogP contribution in [-0.4, -0.2) is 48.6 Å². The lowest BCUT2D eigenvalue weighted by atomic mass is 9.94. The predicted molar refractivity (Wildman–Crippen MR) is 70.4 cm³/mol. The predicted octanol–water partition coefficient (Wildman–Crippen LogP) is 5.80. The largest absolute Gasteiger partial charge is 0.459 e. The fraction of sp³-hybridized carbons (Fsp3) is 0.929. The summed E-state index contributed by atoms with van der Waals surface area (Å²) in [7, 11) is 0. The van der Waals surface area contributed by atoms with Crippen molar-refractivity contribution in [2.75, 3.05) is 6.61 Å². The van der Waals surface area contributed by atoms with E-state index in [0.29, 0.717) is 0 Å². The lowest BCUT2D eigenvalue weighted by Gasteiger charge is -2.36. The van der Waals surface area contributed by atoms with Crippen LogP contribution >= 0.6 is 0 Å². The molecule has 0 aromatic heterocycles. The number of carbonyl (C=O) groups excluding carboxylic acids is 1. The Morgan fingerprint density at radius 3 is 1.68 bits per heavy atom. The van der Waals surface area contributed by atoms with Crippen molar-refractivity contribution in [2.45, 2.75) is 69.1 Å². The summed E-state index contributed by atoms with van der Waals surface area (Å²) >= 11 is 0. The Hall–Kier alpha value is -1.37. The Bertz CT molecular complexity index is 532. The molecule has 0 radical (unpaired) electrons. The topological polar surface area (TPSA) is 26.3 Å². The molecule has 1 atom stereocenters. The molecule has 0 spiro atoms. The van der Waals surface area contributed by atoms with Gasteiger partial charge >= 0.3 is 35.6 Å². The molecule has 1 unspecified atom stereocenters. The third-order valence-electron chi connectivity index (χ3n) is 3.72. The van der Waals surface area contributed by atoms with E-state index in [1.165, 1.54) is 6.92 Å². The SMILES string of the molecule is CCC(C)C(=O)OCC(F)(F)C(F)(F)CC(F)(F)C(F)(F)C(F)(F)CC(F)F. The van der Waals surface area contributed by atoms with Gasteiger partial charge in [0.25, 0.3) is 0 Å². The lowest BCUT2D eigenvalue weighted by molar-refractivity contribution is -0.341. The van der Waals surface area contributed by atoms with Crippen molar-refractivity contribution in [1.82, 2.24) is 0 Å². The van der Waals surface area contributed by atoms with Crippen molar-refractivity contribution in [3.8, 4) is 0 Å².